The van der Waals surface area contributed by atoms with Crippen LogP contribution in [0.1, 0.15) is 15.9 Å². The van der Waals surface area contributed by atoms with Crippen molar-refractivity contribution in [2.75, 3.05) is 7.11 Å². The molecule has 0 aliphatic heterocycles. The normalized spacial score (nSPS) is 9.73. The lowest BCUT2D eigenvalue weighted by Crippen LogP contribution is -2.02. The smallest absolute Gasteiger partial charge is 0.339 e. The summed E-state index contributed by atoms with van der Waals surface area (Å²) in [5.41, 5.74) is 0.762. The molecule has 0 bridgehead atoms. The van der Waals surface area contributed by atoms with Gasteiger partial charge in [0.2, 0.25) is 0 Å². The van der Waals surface area contributed by atoms with E-state index in [9.17, 15) is 13.6 Å². The minimum absolute atomic E-state index is 0.141. The van der Waals surface area contributed by atoms with Gasteiger partial charge < -0.3 is 9.84 Å². The van der Waals surface area contributed by atoms with Gasteiger partial charge in [-0.05, 0) is 57.9 Å². The summed E-state index contributed by atoms with van der Waals surface area (Å²) >= 11 is 6.27. The lowest BCUT2D eigenvalue weighted by Gasteiger charge is -2.01. The van der Waals surface area contributed by atoms with Gasteiger partial charge in [0.15, 0.2) is 0 Å². The van der Waals surface area contributed by atoms with E-state index in [2.05, 4.69) is 36.6 Å². The highest BCUT2D eigenvalue weighted by molar-refractivity contribution is 9.10. The van der Waals surface area contributed by atoms with Gasteiger partial charge in [-0.15, -0.1) is 0 Å². The highest BCUT2D eigenvalue weighted by Crippen LogP contribution is 2.18. The quantitative estimate of drug-likeness (QED) is 0.705. The summed E-state index contributed by atoms with van der Waals surface area (Å²) in [6, 6.07) is 8.04. The molecule has 2 aromatic rings. The average Bonchev–Trinajstić information content (AvgIpc) is 2.52. The number of carbonyl (C=O) groups is 1. The van der Waals surface area contributed by atoms with Crippen molar-refractivity contribution in [3.05, 3.63) is 68.1 Å². The van der Waals surface area contributed by atoms with Gasteiger partial charge in [-0.2, -0.15) is 0 Å². The molecule has 0 aliphatic rings. The zero-order chi connectivity index (χ0) is 16.7. The van der Waals surface area contributed by atoms with Crippen LogP contribution in [0.25, 0.3) is 0 Å². The van der Waals surface area contributed by atoms with Crippen molar-refractivity contribution in [3.8, 4) is 0 Å². The highest BCUT2D eigenvalue weighted by atomic mass is 79.9. The molecule has 0 aromatic heterocycles. The monoisotopic (exact) mass is 436 g/mol. The first-order chi connectivity index (χ1) is 10.4. The van der Waals surface area contributed by atoms with Gasteiger partial charge in [0.25, 0.3) is 0 Å². The van der Waals surface area contributed by atoms with E-state index in [-0.39, 0.29) is 18.0 Å². The zero-order valence-corrected chi connectivity index (χ0v) is 14.6. The van der Waals surface area contributed by atoms with Gasteiger partial charge >= 0.3 is 5.97 Å². The molecular weight excluding hydrogens is 426 g/mol. The Morgan fingerprint density at radius 2 is 1.64 bits per heavy atom. The summed E-state index contributed by atoms with van der Waals surface area (Å²) in [5, 5.41) is 8.65. The summed E-state index contributed by atoms with van der Waals surface area (Å²) in [6.45, 7) is -0.141. The van der Waals surface area contributed by atoms with Crippen LogP contribution in [0.4, 0.5) is 8.78 Å². The lowest BCUT2D eigenvalue weighted by molar-refractivity contribution is 0.0599. The molecular formula is C15H12Br2F2O3. The van der Waals surface area contributed by atoms with Crippen LogP contribution in [-0.2, 0) is 11.3 Å². The minimum atomic E-state index is -0.554. The Kier molecular flexibility index (Phi) is 7.64. The maximum absolute atomic E-state index is 12.6. The van der Waals surface area contributed by atoms with Crippen LogP contribution >= 0.6 is 31.9 Å². The number of aliphatic hydroxyl groups excluding tert-OH is 1. The minimum Gasteiger partial charge on any atom is -0.465 e. The maximum Gasteiger partial charge on any atom is 0.339 e. The van der Waals surface area contributed by atoms with Crippen molar-refractivity contribution in [2.45, 2.75) is 6.61 Å². The Balaban J connectivity index is 0.000000224. The first kappa shape index (κ1) is 18.7. The number of methoxy groups -OCH3 is 1. The lowest BCUT2D eigenvalue weighted by atomic mass is 10.2. The van der Waals surface area contributed by atoms with Crippen LogP contribution in [0.2, 0.25) is 0 Å². The fourth-order valence-corrected chi connectivity index (χ4v) is 2.21. The molecule has 22 heavy (non-hydrogen) atoms. The number of rotatable bonds is 2. The van der Waals surface area contributed by atoms with Crippen molar-refractivity contribution >= 4 is 37.8 Å². The second-order valence-electron chi connectivity index (χ2n) is 4.01. The molecule has 0 atom stereocenters. The Hall–Kier alpha value is -1.31. The fraction of sp³-hybridized carbons (Fsp3) is 0.133. The van der Waals surface area contributed by atoms with Crippen molar-refractivity contribution in [3.63, 3.8) is 0 Å². The first-order valence-electron chi connectivity index (χ1n) is 5.97. The van der Waals surface area contributed by atoms with Gasteiger partial charge in [0, 0.05) is 8.95 Å². The summed E-state index contributed by atoms with van der Waals surface area (Å²) in [5.74, 6) is -1.34. The van der Waals surface area contributed by atoms with Crippen LogP contribution in [0.5, 0.6) is 0 Å². The van der Waals surface area contributed by atoms with E-state index < -0.39 is 11.8 Å². The van der Waals surface area contributed by atoms with Gasteiger partial charge in [-0.25, -0.2) is 13.6 Å². The summed E-state index contributed by atoms with van der Waals surface area (Å²) in [7, 11) is 1.25. The molecule has 2 rings (SSSR count). The molecule has 3 nitrogen and oxygen atoms in total. The predicted octanol–water partition coefficient (Wildman–Crippen LogP) is 4.46. The van der Waals surface area contributed by atoms with E-state index in [1.54, 1.807) is 6.07 Å². The number of hydrogen-bond acceptors (Lipinski definition) is 3. The van der Waals surface area contributed by atoms with Crippen LogP contribution in [0.3, 0.4) is 0 Å². The summed E-state index contributed by atoms with van der Waals surface area (Å²) in [4.78, 5) is 11.0. The maximum atomic E-state index is 12.6. The number of ether oxygens (including phenoxy) is 1. The van der Waals surface area contributed by atoms with Crippen LogP contribution in [-0.4, -0.2) is 18.2 Å². The molecule has 0 aliphatic carbocycles. The van der Waals surface area contributed by atoms with Crippen molar-refractivity contribution < 1.29 is 23.4 Å². The Bertz CT molecular complexity index is 663. The third-order valence-electron chi connectivity index (χ3n) is 2.51. The van der Waals surface area contributed by atoms with Gasteiger partial charge in [0.1, 0.15) is 11.6 Å². The number of aliphatic hydroxyl groups is 1. The van der Waals surface area contributed by atoms with E-state index in [4.69, 9.17) is 5.11 Å². The second kappa shape index (κ2) is 8.97. The van der Waals surface area contributed by atoms with E-state index in [0.29, 0.717) is 10.0 Å². The molecule has 0 fully saturated rings. The van der Waals surface area contributed by atoms with Crippen molar-refractivity contribution in [2.24, 2.45) is 0 Å². The third kappa shape index (κ3) is 5.47. The fourth-order valence-electron chi connectivity index (χ4n) is 1.43. The van der Waals surface area contributed by atoms with Crippen LogP contribution in [0.15, 0.2) is 45.3 Å². The Labute approximate surface area is 143 Å². The number of carbonyl (C=O) groups excluding carboxylic acids is 1. The topological polar surface area (TPSA) is 46.5 Å². The largest absolute Gasteiger partial charge is 0.465 e. The molecule has 0 amide bonds. The Morgan fingerprint density at radius 1 is 1.09 bits per heavy atom. The van der Waals surface area contributed by atoms with Gasteiger partial charge in [-0.1, -0.05) is 15.9 Å². The molecule has 0 saturated heterocycles. The summed E-state index contributed by atoms with van der Waals surface area (Å²) < 4.78 is 30.7. The molecule has 0 saturated carbocycles. The molecule has 7 heteroatoms. The molecule has 0 heterocycles. The first-order valence-corrected chi connectivity index (χ1v) is 7.55. The van der Waals surface area contributed by atoms with E-state index >= 15 is 0 Å². The number of halogens is 4. The molecule has 0 unspecified atom stereocenters. The van der Waals surface area contributed by atoms with Crippen molar-refractivity contribution in [1.29, 1.82) is 0 Å². The third-order valence-corrected chi connectivity index (χ3v) is 3.98. The SMILES string of the molecule is COC(=O)c1cc(F)ccc1Br.OCc1cc(F)ccc1Br. The van der Waals surface area contributed by atoms with Gasteiger partial charge in [0.05, 0.1) is 19.3 Å². The molecule has 118 valence electrons. The Morgan fingerprint density at radius 3 is 2.14 bits per heavy atom. The standard InChI is InChI=1S/C8H6BrFO2.C7H6BrFO/c1-12-8(11)6-4-5(10)2-3-7(6)9;8-7-2-1-6(9)3-5(7)4-10/h2-4H,1H3;1-3,10H,4H2. The van der Waals surface area contributed by atoms with Gasteiger partial charge in [-0.3, -0.25) is 0 Å². The number of hydrogen-bond donors (Lipinski definition) is 1. The number of benzene rings is 2. The molecule has 0 spiro atoms. The zero-order valence-electron chi connectivity index (χ0n) is 11.4. The molecule has 0 radical (unpaired) electrons. The van der Waals surface area contributed by atoms with E-state index in [1.807, 2.05) is 0 Å². The molecule has 1 N–H and O–H groups in total. The van der Waals surface area contributed by atoms with E-state index in [0.717, 1.165) is 10.5 Å². The second-order valence-corrected chi connectivity index (χ2v) is 5.72. The highest BCUT2D eigenvalue weighted by Gasteiger charge is 2.10. The van der Waals surface area contributed by atoms with Crippen LogP contribution < -0.4 is 0 Å². The van der Waals surface area contributed by atoms with E-state index in [1.165, 1.54) is 31.4 Å². The number of esters is 1. The van der Waals surface area contributed by atoms with Crippen molar-refractivity contribution in [1.82, 2.24) is 0 Å². The predicted molar refractivity (Wildman–Crippen MR) is 85.5 cm³/mol. The van der Waals surface area contributed by atoms with Crippen LogP contribution in [0, 0.1) is 11.6 Å². The molecule has 2 aromatic carbocycles. The summed E-state index contributed by atoms with van der Waals surface area (Å²) in [6.07, 6.45) is 0. The average molecular weight is 438 g/mol.